The number of aliphatic imine (C=N–C) groups is 1. The first-order chi connectivity index (χ1) is 14.8. The summed E-state index contributed by atoms with van der Waals surface area (Å²) in [7, 11) is 0. The zero-order chi connectivity index (χ0) is 22.2. The van der Waals surface area contributed by atoms with Crippen molar-refractivity contribution in [2.24, 2.45) is 10.9 Å². The molecular weight excluding hydrogens is 404 g/mol. The molecule has 1 fully saturated rings. The second-order valence-corrected chi connectivity index (χ2v) is 10.1. The van der Waals surface area contributed by atoms with E-state index >= 15 is 0 Å². The predicted octanol–water partition coefficient (Wildman–Crippen LogP) is 6.26. The van der Waals surface area contributed by atoms with Crippen LogP contribution in [0.25, 0.3) is 0 Å². The van der Waals surface area contributed by atoms with E-state index in [1.807, 2.05) is 19.1 Å². The first kappa shape index (κ1) is 22.2. The van der Waals surface area contributed by atoms with Crippen molar-refractivity contribution in [2.75, 3.05) is 13.1 Å². The number of carbonyl (C=O) groups is 1. The van der Waals surface area contributed by atoms with Crippen LogP contribution in [0.4, 0.5) is 0 Å². The Labute approximate surface area is 191 Å². The van der Waals surface area contributed by atoms with Gasteiger partial charge in [0.2, 0.25) is 0 Å². The highest BCUT2D eigenvalue weighted by molar-refractivity contribution is 6.34. The van der Waals surface area contributed by atoms with Crippen LogP contribution in [0.2, 0.25) is 5.02 Å². The summed E-state index contributed by atoms with van der Waals surface area (Å²) in [6, 6.07) is 12.6. The van der Waals surface area contributed by atoms with Gasteiger partial charge in [-0.25, -0.2) is 4.99 Å². The highest BCUT2D eigenvalue weighted by Gasteiger charge is 2.36. The van der Waals surface area contributed by atoms with Crippen LogP contribution in [0.3, 0.4) is 0 Å². The third-order valence-corrected chi connectivity index (χ3v) is 7.54. The van der Waals surface area contributed by atoms with Gasteiger partial charge in [-0.15, -0.1) is 0 Å². The first-order valence-electron chi connectivity index (χ1n) is 11.5. The molecule has 0 spiro atoms. The molecular formula is C27H33ClN2O. The summed E-state index contributed by atoms with van der Waals surface area (Å²) < 4.78 is 0. The fourth-order valence-corrected chi connectivity index (χ4v) is 5.72. The largest absolute Gasteiger partial charge is 0.317 e. The number of aryl methyl sites for hydroxylation is 2. The lowest BCUT2D eigenvalue weighted by Crippen LogP contribution is -2.34. The number of halogens is 1. The molecule has 0 aromatic heterocycles. The van der Waals surface area contributed by atoms with Crippen LogP contribution < -0.4 is 5.32 Å². The van der Waals surface area contributed by atoms with E-state index in [0.29, 0.717) is 16.5 Å². The SMILES string of the molecule is Cc1cccc(Cl)c1C(=O)N=C1C(C)CCc2cc(C3CCNCC3)ccc2C1(C)C. The van der Waals surface area contributed by atoms with E-state index in [-0.39, 0.29) is 17.2 Å². The van der Waals surface area contributed by atoms with Gasteiger partial charge in [-0.05, 0) is 85.9 Å². The Balaban J connectivity index is 1.72. The maximum absolute atomic E-state index is 13.2. The number of benzene rings is 2. The Hall–Kier alpha value is -1.97. The van der Waals surface area contributed by atoms with Gasteiger partial charge in [0.25, 0.3) is 5.91 Å². The molecule has 1 heterocycles. The number of hydrogen-bond acceptors (Lipinski definition) is 2. The minimum absolute atomic E-state index is 0.229. The van der Waals surface area contributed by atoms with Crippen LogP contribution >= 0.6 is 11.6 Å². The number of nitrogens with zero attached hydrogens (tertiary/aromatic N) is 1. The third-order valence-electron chi connectivity index (χ3n) is 7.22. The molecule has 1 atom stereocenters. The maximum Gasteiger partial charge on any atom is 0.278 e. The van der Waals surface area contributed by atoms with Gasteiger partial charge in [-0.3, -0.25) is 4.79 Å². The van der Waals surface area contributed by atoms with Gasteiger partial charge in [0.05, 0.1) is 10.6 Å². The number of carbonyl (C=O) groups excluding carboxylic acids is 1. The van der Waals surface area contributed by atoms with E-state index in [9.17, 15) is 4.79 Å². The highest BCUT2D eigenvalue weighted by atomic mass is 35.5. The Morgan fingerprint density at radius 2 is 1.87 bits per heavy atom. The molecule has 0 saturated carbocycles. The molecule has 2 aromatic carbocycles. The van der Waals surface area contributed by atoms with Crippen molar-refractivity contribution in [1.29, 1.82) is 0 Å². The lowest BCUT2D eigenvalue weighted by molar-refractivity contribution is 0.100. The predicted molar refractivity (Wildman–Crippen MR) is 130 cm³/mol. The average Bonchev–Trinajstić information content (AvgIpc) is 2.84. The molecule has 1 saturated heterocycles. The van der Waals surface area contributed by atoms with E-state index in [0.717, 1.165) is 37.2 Å². The van der Waals surface area contributed by atoms with Crippen LogP contribution in [0, 0.1) is 12.8 Å². The van der Waals surface area contributed by atoms with Crippen molar-refractivity contribution in [3.05, 3.63) is 69.2 Å². The maximum atomic E-state index is 13.2. The molecule has 2 aliphatic rings. The molecule has 31 heavy (non-hydrogen) atoms. The zero-order valence-electron chi connectivity index (χ0n) is 19.1. The van der Waals surface area contributed by atoms with Gasteiger partial charge in [0.15, 0.2) is 0 Å². The normalized spacial score (nSPS) is 22.7. The second-order valence-electron chi connectivity index (χ2n) is 9.74. The third kappa shape index (κ3) is 4.36. The quantitative estimate of drug-likeness (QED) is 0.564. The second kappa shape index (κ2) is 8.88. The molecule has 164 valence electrons. The van der Waals surface area contributed by atoms with E-state index in [4.69, 9.17) is 16.6 Å². The lowest BCUT2D eigenvalue weighted by Gasteiger charge is -2.31. The van der Waals surface area contributed by atoms with Crippen molar-refractivity contribution in [1.82, 2.24) is 5.32 Å². The summed E-state index contributed by atoms with van der Waals surface area (Å²) >= 11 is 6.36. The van der Waals surface area contributed by atoms with Gasteiger partial charge < -0.3 is 5.32 Å². The van der Waals surface area contributed by atoms with Crippen molar-refractivity contribution >= 4 is 23.2 Å². The van der Waals surface area contributed by atoms with Crippen LogP contribution in [-0.4, -0.2) is 24.7 Å². The summed E-state index contributed by atoms with van der Waals surface area (Å²) in [5.41, 5.74) is 6.23. The van der Waals surface area contributed by atoms with Gasteiger partial charge in [0, 0.05) is 11.1 Å². The van der Waals surface area contributed by atoms with Crippen LogP contribution in [-0.2, 0) is 11.8 Å². The Morgan fingerprint density at radius 1 is 1.13 bits per heavy atom. The van der Waals surface area contributed by atoms with Gasteiger partial charge in [-0.2, -0.15) is 0 Å². The minimum Gasteiger partial charge on any atom is -0.317 e. The number of rotatable bonds is 2. The molecule has 1 unspecified atom stereocenters. The number of hydrogen-bond donors (Lipinski definition) is 1. The number of amides is 1. The molecule has 1 aliphatic carbocycles. The van der Waals surface area contributed by atoms with Crippen molar-refractivity contribution in [3.8, 4) is 0 Å². The average molecular weight is 437 g/mol. The molecule has 3 nitrogen and oxygen atoms in total. The number of fused-ring (bicyclic) bond motifs is 1. The molecule has 1 amide bonds. The van der Waals surface area contributed by atoms with Crippen molar-refractivity contribution < 1.29 is 4.79 Å². The zero-order valence-corrected chi connectivity index (χ0v) is 19.9. The van der Waals surface area contributed by atoms with E-state index < -0.39 is 0 Å². The minimum atomic E-state index is -0.303. The van der Waals surface area contributed by atoms with Gasteiger partial charge in [0.1, 0.15) is 0 Å². The highest BCUT2D eigenvalue weighted by Crippen LogP contribution is 2.39. The van der Waals surface area contributed by atoms with Crippen LogP contribution in [0.15, 0.2) is 41.4 Å². The summed E-state index contributed by atoms with van der Waals surface area (Å²) in [4.78, 5) is 17.9. The molecule has 1 aliphatic heterocycles. The summed E-state index contributed by atoms with van der Waals surface area (Å²) in [5.74, 6) is 0.650. The molecule has 0 bridgehead atoms. The van der Waals surface area contributed by atoms with Gasteiger partial charge in [-0.1, -0.05) is 62.7 Å². The smallest absolute Gasteiger partial charge is 0.278 e. The first-order valence-corrected chi connectivity index (χ1v) is 11.9. The Bertz CT molecular complexity index is 998. The number of piperidine rings is 1. The van der Waals surface area contributed by atoms with Crippen LogP contribution in [0.1, 0.15) is 78.6 Å². The fraction of sp³-hybridized carbons (Fsp3) is 0.481. The van der Waals surface area contributed by atoms with E-state index in [1.165, 1.54) is 29.5 Å². The number of nitrogens with one attached hydrogen (secondary N) is 1. The van der Waals surface area contributed by atoms with E-state index in [1.54, 1.807) is 6.07 Å². The Morgan fingerprint density at radius 3 is 2.58 bits per heavy atom. The monoisotopic (exact) mass is 436 g/mol. The Kier molecular flexibility index (Phi) is 6.37. The summed E-state index contributed by atoms with van der Waals surface area (Å²) in [6.45, 7) is 10.7. The standard InChI is InChI=1S/C27H33ClN2O/c1-17-6-5-7-23(28)24(17)26(31)30-25-18(2)8-9-21-16-20(19-12-14-29-15-13-19)10-11-22(21)27(25,3)4/h5-7,10-11,16,18-19,29H,8-9,12-15H2,1-4H3. The molecule has 1 N–H and O–H groups in total. The van der Waals surface area contributed by atoms with Crippen molar-refractivity contribution in [2.45, 2.75) is 64.7 Å². The van der Waals surface area contributed by atoms with Gasteiger partial charge >= 0.3 is 0 Å². The molecule has 2 aromatic rings. The van der Waals surface area contributed by atoms with Crippen LogP contribution in [0.5, 0.6) is 0 Å². The molecule has 4 heteroatoms. The topological polar surface area (TPSA) is 41.5 Å². The molecule has 0 radical (unpaired) electrons. The molecule has 4 rings (SSSR count). The summed E-state index contributed by atoms with van der Waals surface area (Å²) in [5, 5.41) is 3.94. The van der Waals surface area contributed by atoms with Crippen molar-refractivity contribution in [3.63, 3.8) is 0 Å². The summed E-state index contributed by atoms with van der Waals surface area (Å²) in [6.07, 6.45) is 4.44. The van der Waals surface area contributed by atoms with E-state index in [2.05, 4.69) is 44.3 Å². The fourth-order valence-electron chi connectivity index (χ4n) is 5.42. The lowest BCUT2D eigenvalue weighted by atomic mass is 9.75.